The van der Waals surface area contributed by atoms with Crippen molar-refractivity contribution in [2.24, 2.45) is 0 Å². The Balaban J connectivity index is 1.86. The number of rotatable bonds is 6. The van der Waals surface area contributed by atoms with Crippen LogP contribution >= 0.6 is 11.6 Å². The van der Waals surface area contributed by atoms with Crippen LogP contribution in [0.3, 0.4) is 0 Å². The highest BCUT2D eigenvalue weighted by molar-refractivity contribution is 6.31. The molecule has 0 unspecified atom stereocenters. The highest BCUT2D eigenvalue weighted by atomic mass is 35.5. The van der Waals surface area contributed by atoms with Gasteiger partial charge in [0.05, 0.1) is 24.9 Å². The SMILES string of the molecule is CC(C)Oc1cc(F)c(Cc2cc([C@H]3C[C@@H](O)[C@H](O)[C@@H](CO)O3)ccc2Cl)c(F)c1. The number of benzene rings is 2. The first-order valence-corrected chi connectivity index (χ1v) is 10.1. The van der Waals surface area contributed by atoms with Crippen molar-refractivity contribution in [2.75, 3.05) is 6.61 Å². The highest BCUT2D eigenvalue weighted by Crippen LogP contribution is 2.34. The minimum atomic E-state index is -1.19. The molecule has 5 nitrogen and oxygen atoms in total. The van der Waals surface area contributed by atoms with Crippen molar-refractivity contribution in [3.63, 3.8) is 0 Å². The zero-order chi connectivity index (χ0) is 22.0. The van der Waals surface area contributed by atoms with Gasteiger partial charge in [-0.1, -0.05) is 23.7 Å². The van der Waals surface area contributed by atoms with Gasteiger partial charge in [-0.2, -0.15) is 0 Å². The number of hydrogen-bond acceptors (Lipinski definition) is 5. The molecule has 8 heteroatoms. The molecule has 3 rings (SSSR count). The van der Waals surface area contributed by atoms with Crippen molar-refractivity contribution in [2.45, 2.75) is 57.2 Å². The molecule has 30 heavy (non-hydrogen) atoms. The molecule has 0 aliphatic carbocycles. The quantitative estimate of drug-likeness (QED) is 0.637. The van der Waals surface area contributed by atoms with Gasteiger partial charge in [0, 0.05) is 35.6 Å². The van der Waals surface area contributed by atoms with Gasteiger partial charge in [0.25, 0.3) is 0 Å². The lowest BCUT2D eigenvalue weighted by molar-refractivity contribution is -0.181. The van der Waals surface area contributed by atoms with Crippen LogP contribution in [0.15, 0.2) is 30.3 Å². The fourth-order valence-electron chi connectivity index (χ4n) is 3.53. The molecule has 0 aromatic heterocycles. The van der Waals surface area contributed by atoms with E-state index in [4.69, 9.17) is 21.1 Å². The third-order valence-corrected chi connectivity index (χ3v) is 5.41. The van der Waals surface area contributed by atoms with E-state index in [-0.39, 0.29) is 30.3 Å². The normalized spacial score (nSPS) is 24.3. The molecule has 1 saturated heterocycles. The van der Waals surface area contributed by atoms with E-state index in [0.29, 0.717) is 16.1 Å². The van der Waals surface area contributed by atoms with E-state index < -0.39 is 42.7 Å². The number of aliphatic hydroxyl groups excluding tert-OH is 3. The zero-order valence-electron chi connectivity index (χ0n) is 16.7. The van der Waals surface area contributed by atoms with Gasteiger partial charge in [-0.05, 0) is 31.0 Å². The van der Waals surface area contributed by atoms with Crippen molar-refractivity contribution in [1.29, 1.82) is 0 Å². The lowest BCUT2D eigenvalue weighted by Crippen LogP contribution is -2.47. The average molecular weight is 443 g/mol. The van der Waals surface area contributed by atoms with Crippen LogP contribution in [0.4, 0.5) is 8.78 Å². The minimum Gasteiger partial charge on any atom is -0.491 e. The van der Waals surface area contributed by atoms with Crippen molar-refractivity contribution in [3.8, 4) is 5.75 Å². The second kappa shape index (κ2) is 9.58. The maximum atomic E-state index is 14.5. The molecule has 2 aromatic rings. The minimum absolute atomic E-state index is 0.0897. The smallest absolute Gasteiger partial charge is 0.133 e. The van der Waals surface area contributed by atoms with Crippen molar-refractivity contribution < 1.29 is 33.6 Å². The Morgan fingerprint density at radius 1 is 1.17 bits per heavy atom. The van der Waals surface area contributed by atoms with E-state index in [1.54, 1.807) is 32.0 Å². The van der Waals surface area contributed by atoms with Gasteiger partial charge < -0.3 is 24.8 Å². The standard InChI is InChI=1S/C22H25ClF2O5/c1-11(2)29-14-7-17(24)15(18(25)8-14)6-13-5-12(3-4-16(13)23)20-9-19(27)22(28)21(10-26)30-20/h3-5,7-8,11,19-22,26-28H,6,9-10H2,1-2H3/t19-,20-,21-,22+/m1/s1. The Labute approximate surface area is 178 Å². The molecule has 0 saturated carbocycles. The van der Waals surface area contributed by atoms with Crippen molar-refractivity contribution in [1.82, 2.24) is 0 Å². The first kappa shape index (κ1) is 22.9. The van der Waals surface area contributed by atoms with Crippen LogP contribution in [-0.2, 0) is 11.2 Å². The van der Waals surface area contributed by atoms with Crippen LogP contribution in [0.2, 0.25) is 5.02 Å². The molecule has 4 atom stereocenters. The summed E-state index contributed by atoms with van der Waals surface area (Å²) in [6.45, 7) is 3.08. The monoisotopic (exact) mass is 442 g/mol. The van der Waals surface area contributed by atoms with E-state index in [2.05, 4.69) is 0 Å². The van der Waals surface area contributed by atoms with E-state index in [9.17, 15) is 24.1 Å². The molecule has 164 valence electrons. The summed E-state index contributed by atoms with van der Waals surface area (Å²) in [5.74, 6) is -1.36. The Bertz CT molecular complexity index is 869. The van der Waals surface area contributed by atoms with E-state index in [1.807, 2.05) is 0 Å². The lowest BCUT2D eigenvalue weighted by atomic mass is 9.92. The molecule has 0 bridgehead atoms. The highest BCUT2D eigenvalue weighted by Gasteiger charge is 2.37. The molecule has 2 aromatic carbocycles. The van der Waals surface area contributed by atoms with Gasteiger partial charge >= 0.3 is 0 Å². The Hall–Kier alpha value is -1.77. The van der Waals surface area contributed by atoms with Gasteiger partial charge in [0.2, 0.25) is 0 Å². The third-order valence-electron chi connectivity index (χ3n) is 5.04. The summed E-state index contributed by atoms with van der Waals surface area (Å²) in [4.78, 5) is 0. The first-order chi connectivity index (χ1) is 14.2. The molecule has 1 aliphatic rings. The van der Waals surface area contributed by atoms with Crippen LogP contribution in [0.25, 0.3) is 0 Å². The summed E-state index contributed by atoms with van der Waals surface area (Å²) >= 11 is 6.26. The predicted molar refractivity (Wildman–Crippen MR) is 108 cm³/mol. The topological polar surface area (TPSA) is 79.2 Å². The summed E-state index contributed by atoms with van der Waals surface area (Å²) in [6.07, 6.45) is -3.98. The maximum Gasteiger partial charge on any atom is 0.133 e. The second-order valence-electron chi connectivity index (χ2n) is 7.70. The zero-order valence-corrected chi connectivity index (χ0v) is 17.4. The van der Waals surface area contributed by atoms with Crippen molar-refractivity contribution in [3.05, 3.63) is 63.7 Å². The van der Waals surface area contributed by atoms with Gasteiger partial charge in [0.15, 0.2) is 0 Å². The second-order valence-corrected chi connectivity index (χ2v) is 8.11. The van der Waals surface area contributed by atoms with Gasteiger partial charge in [0.1, 0.15) is 29.6 Å². The fourth-order valence-corrected chi connectivity index (χ4v) is 3.71. The molecule has 3 N–H and O–H groups in total. The Kier molecular flexibility index (Phi) is 7.31. The average Bonchev–Trinajstić information content (AvgIpc) is 2.67. The van der Waals surface area contributed by atoms with Crippen molar-refractivity contribution >= 4 is 11.6 Å². The predicted octanol–water partition coefficient (Wildman–Crippen LogP) is 3.54. The third kappa shape index (κ3) is 5.10. The number of halogens is 3. The lowest BCUT2D eigenvalue weighted by Gasteiger charge is -2.36. The Morgan fingerprint density at radius 2 is 1.83 bits per heavy atom. The summed E-state index contributed by atoms with van der Waals surface area (Å²) in [5, 5.41) is 29.6. The van der Waals surface area contributed by atoms with E-state index in [1.165, 1.54) is 0 Å². The summed E-state index contributed by atoms with van der Waals surface area (Å²) < 4.78 is 40.1. The summed E-state index contributed by atoms with van der Waals surface area (Å²) in [7, 11) is 0. The fraction of sp³-hybridized carbons (Fsp3) is 0.455. The number of hydrogen-bond donors (Lipinski definition) is 3. The summed E-state index contributed by atoms with van der Waals surface area (Å²) in [5.41, 5.74) is 0.965. The van der Waals surface area contributed by atoms with Gasteiger partial charge in [-0.25, -0.2) is 8.78 Å². The van der Waals surface area contributed by atoms with Gasteiger partial charge in [-0.3, -0.25) is 0 Å². The largest absolute Gasteiger partial charge is 0.491 e. The Morgan fingerprint density at radius 3 is 2.43 bits per heavy atom. The first-order valence-electron chi connectivity index (χ1n) is 9.75. The summed E-state index contributed by atoms with van der Waals surface area (Å²) in [6, 6.07) is 7.21. The van der Waals surface area contributed by atoms with E-state index in [0.717, 1.165) is 12.1 Å². The van der Waals surface area contributed by atoms with Crippen LogP contribution in [0, 0.1) is 11.6 Å². The van der Waals surface area contributed by atoms with Gasteiger partial charge in [-0.15, -0.1) is 0 Å². The van der Waals surface area contributed by atoms with Crippen LogP contribution in [0.5, 0.6) is 5.75 Å². The molecule has 0 spiro atoms. The number of ether oxygens (including phenoxy) is 2. The molecule has 0 amide bonds. The van der Waals surface area contributed by atoms with Crippen LogP contribution in [0.1, 0.15) is 43.1 Å². The molecule has 1 fully saturated rings. The van der Waals surface area contributed by atoms with E-state index >= 15 is 0 Å². The molecule has 1 aliphatic heterocycles. The number of aliphatic hydroxyl groups is 3. The maximum absolute atomic E-state index is 14.5. The molecule has 0 radical (unpaired) electrons. The molecular weight excluding hydrogens is 418 g/mol. The molecule has 1 heterocycles. The van der Waals surface area contributed by atoms with Crippen LogP contribution in [-0.4, -0.2) is 46.3 Å². The van der Waals surface area contributed by atoms with Crippen LogP contribution < -0.4 is 4.74 Å². The molecular formula is C22H25ClF2O5.